The van der Waals surface area contributed by atoms with Gasteiger partial charge in [-0.05, 0) is 49.2 Å². The van der Waals surface area contributed by atoms with E-state index in [1.165, 1.54) is 0 Å². The van der Waals surface area contributed by atoms with Crippen LogP contribution in [0.4, 0.5) is 0 Å². The van der Waals surface area contributed by atoms with Crippen LogP contribution in [-0.4, -0.2) is 12.4 Å². The summed E-state index contributed by atoms with van der Waals surface area (Å²) in [6.07, 6.45) is 2.96. The van der Waals surface area contributed by atoms with E-state index in [9.17, 15) is 4.79 Å². The van der Waals surface area contributed by atoms with E-state index < -0.39 is 0 Å². The van der Waals surface area contributed by atoms with Gasteiger partial charge in [0.15, 0.2) is 12.0 Å². The van der Waals surface area contributed by atoms with Gasteiger partial charge < -0.3 is 9.15 Å². The molecule has 0 unspecified atom stereocenters. The van der Waals surface area contributed by atoms with Gasteiger partial charge in [-0.1, -0.05) is 13.8 Å². The number of hydrogen-bond donors (Lipinski definition) is 0. The van der Waals surface area contributed by atoms with Crippen molar-refractivity contribution in [2.75, 3.05) is 0 Å². The molecule has 0 saturated carbocycles. The first-order valence-electron chi connectivity index (χ1n) is 6.59. The molecular formula is C16H18O3. The fourth-order valence-corrected chi connectivity index (χ4v) is 1.92. The molecular weight excluding hydrogens is 240 g/mol. The summed E-state index contributed by atoms with van der Waals surface area (Å²) in [6, 6.07) is 11.2. The van der Waals surface area contributed by atoms with Crippen molar-refractivity contribution in [1.82, 2.24) is 0 Å². The SMILES string of the molecule is CCC(CC)Oc1ccc(-c2ccc(C=O)o2)cc1. The van der Waals surface area contributed by atoms with Gasteiger partial charge in [-0.25, -0.2) is 0 Å². The molecule has 0 aliphatic carbocycles. The Bertz CT molecular complexity index is 521. The van der Waals surface area contributed by atoms with Gasteiger partial charge in [0.2, 0.25) is 0 Å². The quantitative estimate of drug-likeness (QED) is 0.724. The molecule has 2 aromatic rings. The summed E-state index contributed by atoms with van der Waals surface area (Å²) in [5.74, 6) is 1.89. The first kappa shape index (κ1) is 13.4. The summed E-state index contributed by atoms with van der Waals surface area (Å²) in [4.78, 5) is 10.6. The normalized spacial score (nSPS) is 10.7. The van der Waals surface area contributed by atoms with Gasteiger partial charge in [-0.3, -0.25) is 4.79 Å². The van der Waals surface area contributed by atoms with Crippen LogP contribution in [0.25, 0.3) is 11.3 Å². The molecule has 0 bridgehead atoms. The molecule has 19 heavy (non-hydrogen) atoms. The number of ether oxygens (including phenoxy) is 1. The number of furan rings is 1. The Morgan fingerprint density at radius 3 is 2.32 bits per heavy atom. The van der Waals surface area contributed by atoms with Crippen molar-refractivity contribution in [2.24, 2.45) is 0 Å². The highest BCUT2D eigenvalue weighted by Gasteiger charge is 2.07. The van der Waals surface area contributed by atoms with Gasteiger partial charge in [0.05, 0.1) is 6.10 Å². The van der Waals surface area contributed by atoms with Crippen LogP contribution >= 0.6 is 0 Å². The van der Waals surface area contributed by atoms with Crippen molar-refractivity contribution < 1.29 is 13.9 Å². The zero-order chi connectivity index (χ0) is 13.7. The molecule has 0 radical (unpaired) electrons. The number of rotatable bonds is 6. The molecule has 0 spiro atoms. The second-order valence-electron chi connectivity index (χ2n) is 4.40. The highest BCUT2D eigenvalue weighted by atomic mass is 16.5. The number of aldehydes is 1. The van der Waals surface area contributed by atoms with E-state index in [2.05, 4.69) is 13.8 Å². The van der Waals surface area contributed by atoms with Crippen LogP contribution in [0.2, 0.25) is 0 Å². The van der Waals surface area contributed by atoms with Gasteiger partial charge in [-0.2, -0.15) is 0 Å². The van der Waals surface area contributed by atoms with Gasteiger partial charge in [0.1, 0.15) is 11.5 Å². The Morgan fingerprint density at radius 2 is 1.79 bits per heavy atom. The Labute approximate surface area is 113 Å². The fraction of sp³-hybridized carbons (Fsp3) is 0.312. The van der Waals surface area contributed by atoms with E-state index in [0.717, 1.165) is 24.2 Å². The van der Waals surface area contributed by atoms with Crippen LogP contribution in [0.5, 0.6) is 5.75 Å². The van der Waals surface area contributed by atoms with Crippen molar-refractivity contribution in [3.05, 3.63) is 42.2 Å². The van der Waals surface area contributed by atoms with E-state index >= 15 is 0 Å². The minimum Gasteiger partial charge on any atom is -0.490 e. The summed E-state index contributed by atoms with van der Waals surface area (Å²) in [6.45, 7) is 4.23. The Kier molecular flexibility index (Phi) is 4.39. The van der Waals surface area contributed by atoms with Gasteiger partial charge >= 0.3 is 0 Å². The summed E-state index contributed by atoms with van der Waals surface area (Å²) < 4.78 is 11.2. The lowest BCUT2D eigenvalue weighted by Gasteiger charge is -2.15. The molecule has 3 heteroatoms. The molecule has 3 nitrogen and oxygen atoms in total. The maximum atomic E-state index is 10.6. The minimum absolute atomic E-state index is 0.260. The molecule has 2 rings (SSSR count). The van der Waals surface area contributed by atoms with Gasteiger partial charge in [-0.15, -0.1) is 0 Å². The van der Waals surface area contributed by atoms with E-state index in [-0.39, 0.29) is 6.10 Å². The lowest BCUT2D eigenvalue weighted by atomic mass is 10.1. The van der Waals surface area contributed by atoms with Crippen LogP contribution in [0, 0.1) is 0 Å². The van der Waals surface area contributed by atoms with Crippen LogP contribution in [0.3, 0.4) is 0 Å². The summed E-state index contributed by atoms with van der Waals surface area (Å²) in [5.41, 5.74) is 0.935. The van der Waals surface area contributed by atoms with Gasteiger partial charge in [0, 0.05) is 5.56 Å². The van der Waals surface area contributed by atoms with E-state index in [0.29, 0.717) is 17.8 Å². The lowest BCUT2D eigenvalue weighted by molar-refractivity contribution is 0.110. The number of carbonyl (C=O) groups excluding carboxylic acids is 1. The molecule has 100 valence electrons. The van der Waals surface area contributed by atoms with Crippen LogP contribution in [0.15, 0.2) is 40.8 Å². The fourth-order valence-electron chi connectivity index (χ4n) is 1.92. The third kappa shape index (κ3) is 3.25. The molecule has 0 fully saturated rings. The van der Waals surface area contributed by atoms with Crippen molar-refractivity contribution in [3.63, 3.8) is 0 Å². The molecule has 0 atom stereocenters. The average molecular weight is 258 g/mol. The van der Waals surface area contributed by atoms with Crippen molar-refractivity contribution in [1.29, 1.82) is 0 Å². The van der Waals surface area contributed by atoms with Gasteiger partial charge in [0.25, 0.3) is 0 Å². The van der Waals surface area contributed by atoms with Crippen molar-refractivity contribution in [3.8, 4) is 17.1 Å². The zero-order valence-electron chi connectivity index (χ0n) is 11.3. The molecule has 0 aliphatic rings. The molecule has 1 heterocycles. The predicted molar refractivity (Wildman–Crippen MR) is 74.5 cm³/mol. The second kappa shape index (κ2) is 6.23. The Hall–Kier alpha value is -2.03. The number of carbonyl (C=O) groups is 1. The largest absolute Gasteiger partial charge is 0.490 e. The predicted octanol–water partition coefficient (Wildman–Crippen LogP) is 4.33. The first-order valence-corrected chi connectivity index (χ1v) is 6.59. The highest BCUT2D eigenvalue weighted by Crippen LogP contribution is 2.25. The standard InChI is InChI=1S/C16H18O3/c1-3-13(4-2)18-14-7-5-12(6-8-14)16-10-9-15(11-17)19-16/h5-11,13H,3-4H2,1-2H3. The van der Waals surface area contributed by atoms with Crippen LogP contribution in [0.1, 0.15) is 37.2 Å². The third-order valence-corrected chi connectivity index (χ3v) is 3.10. The average Bonchev–Trinajstić information content (AvgIpc) is 2.94. The topological polar surface area (TPSA) is 39.4 Å². The second-order valence-corrected chi connectivity index (χ2v) is 4.40. The number of hydrogen-bond acceptors (Lipinski definition) is 3. The summed E-state index contributed by atoms with van der Waals surface area (Å²) >= 11 is 0. The number of benzene rings is 1. The minimum atomic E-state index is 0.260. The maximum absolute atomic E-state index is 10.6. The third-order valence-electron chi connectivity index (χ3n) is 3.10. The summed E-state index contributed by atoms with van der Waals surface area (Å²) in [7, 11) is 0. The van der Waals surface area contributed by atoms with Crippen LogP contribution in [-0.2, 0) is 0 Å². The lowest BCUT2D eigenvalue weighted by Crippen LogP contribution is -2.13. The van der Waals surface area contributed by atoms with E-state index in [1.807, 2.05) is 24.3 Å². The first-order chi connectivity index (χ1) is 9.26. The summed E-state index contributed by atoms with van der Waals surface area (Å²) in [5, 5.41) is 0. The van der Waals surface area contributed by atoms with E-state index in [1.54, 1.807) is 12.1 Å². The Balaban J connectivity index is 2.11. The zero-order valence-corrected chi connectivity index (χ0v) is 11.3. The van der Waals surface area contributed by atoms with E-state index in [4.69, 9.17) is 9.15 Å². The molecule has 1 aromatic carbocycles. The molecule has 0 amide bonds. The monoisotopic (exact) mass is 258 g/mol. The molecule has 0 N–H and O–H groups in total. The maximum Gasteiger partial charge on any atom is 0.185 e. The van der Waals surface area contributed by atoms with Crippen molar-refractivity contribution in [2.45, 2.75) is 32.8 Å². The molecule has 0 saturated heterocycles. The Morgan fingerprint density at radius 1 is 1.11 bits per heavy atom. The highest BCUT2D eigenvalue weighted by molar-refractivity contribution is 5.72. The molecule has 0 aliphatic heterocycles. The molecule has 1 aromatic heterocycles. The smallest absolute Gasteiger partial charge is 0.185 e. The van der Waals surface area contributed by atoms with Crippen LogP contribution < -0.4 is 4.74 Å². The van der Waals surface area contributed by atoms with Crippen molar-refractivity contribution >= 4 is 6.29 Å².